The summed E-state index contributed by atoms with van der Waals surface area (Å²) < 4.78 is 9.83. The number of methoxy groups -OCH3 is 1. The first-order chi connectivity index (χ1) is 14.8. The minimum Gasteiger partial charge on any atom is -0.465 e. The first-order valence-corrected chi connectivity index (χ1v) is 11.6. The third-order valence-electron chi connectivity index (χ3n) is 4.78. The van der Waals surface area contributed by atoms with Crippen molar-refractivity contribution in [3.05, 3.63) is 27.8 Å². The molecule has 3 rings (SSSR count). The summed E-state index contributed by atoms with van der Waals surface area (Å²) in [5.74, 6) is -0.808. The number of nitrogens with zero attached hydrogens (tertiary/aromatic N) is 2. The number of nitrogens with two attached hydrogens (primary N) is 1. The maximum Gasteiger partial charge on any atom is 0.343 e. The van der Waals surface area contributed by atoms with Crippen molar-refractivity contribution < 1.29 is 23.9 Å². The van der Waals surface area contributed by atoms with Crippen LogP contribution >= 0.6 is 23.1 Å². The number of carbonyl (C=O) groups excluding carboxylic acids is 3. The molecule has 0 spiro atoms. The topological polar surface area (TPSA) is 134 Å². The van der Waals surface area contributed by atoms with Gasteiger partial charge < -0.3 is 20.5 Å². The third kappa shape index (κ3) is 5.34. The van der Waals surface area contributed by atoms with Crippen LogP contribution in [0, 0.1) is 5.92 Å². The maximum atomic E-state index is 12.5. The lowest BCUT2D eigenvalue weighted by Gasteiger charge is -2.18. The molecule has 166 valence electrons. The van der Waals surface area contributed by atoms with Crippen LogP contribution in [0.15, 0.2) is 11.4 Å². The van der Waals surface area contributed by atoms with Crippen LogP contribution in [0.4, 0.5) is 10.8 Å². The summed E-state index contributed by atoms with van der Waals surface area (Å²) in [5, 5.41) is 3.59. The van der Waals surface area contributed by atoms with Crippen molar-refractivity contribution in [3.8, 4) is 0 Å². The molecule has 1 unspecified atom stereocenters. The van der Waals surface area contributed by atoms with Gasteiger partial charge in [0.05, 0.1) is 25.0 Å². The number of esters is 2. The molecule has 3 N–H and O–H groups in total. The molecule has 0 radical (unpaired) electrons. The molecule has 1 atom stereocenters. The lowest BCUT2D eigenvalue weighted by molar-refractivity contribution is -0.113. The van der Waals surface area contributed by atoms with Gasteiger partial charge in [-0.1, -0.05) is 18.7 Å². The monoisotopic (exact) mass is 464 g/mol. The molecule has 0 saturated heterocycles. The second-order valence-electron chi connectivity index (χ2n) is 7.06. The van der Waals surface area contributed by atoms with Gasteiger partial charge in [-0.05, 0) is 37.7 Å². The summed E-state index contributed by atoms with van der Waals surface area (Å²) in [5.41, 5.74) is 7.31. The number of fused-ring (bicyclic) bond motifs is 1. The van der Waals surface area contributed by atoms with Crippen LogP contribution in [0.3, 0.4) is 0 Å². The Morgan fingerprint density at radius 2 is 2.13 bits per heavy atom. The Morgan fingerprint density at radius 3 is 2.81 bits per heavy atom. The van der Waals surface area contributed by atoms with Crippen molar-refractivity contribution >= 4 is 51.8 Å². The quantitative estimate of drug-likeness (QED) is 0.360. The second kappa shape index (κ2) is 10.1. The van der Waals surface area contributed by atoms with Gasteiger partial charge in [-0.15, -0.1) is 11.3 Å². The van der Waals surface area contributed by atoms with E-state index in [1.54, 1.807) is 6.92 Å². The normalized spacial score (nSPS) is 15.1. The summed E-state index contributed by atoms with van der Waals surface area (Å²) >= 11 is 2.50. The lowest BCUT2D eigenvalue weighted by Crippen LogP contribution is -2.17. The van der Waals surface area contributed by atoms with Gasteiger partial charge in [0.25, 0.3) is 0 Å². The molecule has 0 fully saturated rings. The van der Waals surface area contributed by atoms with E-state index in [1.165, 1.54) is 24.6 Å². The number of aromatic nitrogens is 2. The molecule has 31 heavy (non-hydrogen) atoms. The number of hydrogen-bond acceptors (Lipinski definition) is 10. The van der Waals surface area contributed by atoms with Crippen LogP contribution in [-0.2, 0) is 27.1 Å². The standard InChI is InChI=1S/C20H24N4O5S2/c1-4-29-18(26)12-8-22-20(24-16(12)21)30-9-14(25)23-17-15(19(27)28-3)11-6-5-10(2)7-13(11)31-17/h8,10H,4-7,9H2,1-3H3,(H,23,25)(H2,21,22,24). The number of ether oxygens (including phenoxy) is 2. The zero-order valence-corrected chi connectivity index (χ0v) is 19.2. The van der Waals surface area contributed by atoms with Gasteiger partial charge in [0.2, 0.25) is 5.91 Å². The van der Waals surface area contributed by atoms with E-state index in [0.717, 1.165) is 41.5 Å². The Hall–Kier alpha value is -2.66. The van der Waals surface area contributed by atoms with Gasteiger partial charge in [-0.25, -0.2) is 19.6 Å². The Balaban J connectivity index is 1.68. The highest BCUT2D eigenvalue weighted by Gasteiger charge is 2.29. The van der Waals surface area contributed by atoms with Crippen LogP contribution < -0.4 is 11.1 Å². The van der Waals surface area contributed by atoms with Crippen LogP contribution in [0.1, 0.15) is 51.4 Å². The molecule has 2 aromatic heterocycles. The van der Waals surface area contributed by atoms with Gasteiger partial charge in [0.15, 0.2) is 5.16 Å². The molecule has 2 aromatic rings. The number of carbonyl (C=O) groups is 3. The summed E-state index contributed by atoms with van der Waals surface area (Å²) in [6, 6.07) is 0. The lowest BCUT2D eigenvalue weighted by atomic mass is 9.88. The van der Waals surface area contributed by atoms with E-state index >= 15 is 0 Å². The molecule has 1 amide bonds. The number of nitrogens with one attached hydrogen (secondary N) is 1. The molecular formula is C20H24N4O5S2. The van der Waals surface area contributed by atoms with E-state index in [4.69, 9.17) is 15.2 Å². The van der Waals surface area contributed by atoms with Gasteiger partial charge in [-0.2, -0.15) is 0 Å². The zero-order valence-electron chi connectivity index (χ0n) is 17.5. The van der Waals surface area contributed by atoms with Crippen molar-refractivity contribution in [2.75, 3.05) is 30.5 Å². The van der Waals surface area contributed by atoms with E-state index in [0.29, 0.717) is 16.5 Å². The number of thioether (sulfide) groups is 1. The molecule has 9 nitrogen and oxygen atoms in total. The summed E-state index contributed by atoms with van der Waals surface area (Å²) in [6.45, 7) is 4.08. The second-order valence-corrected chi connectivity index (χ2v) is 9.10. The van der Waals surface area contributed by atoms with Crippen LogP contribution in [-0.4, -0.2) is 47.3 Å². The molecular weight excluding hydrogens is 440 g/mol. The number of hydrogen-bond donors (Lipinski definition) is 2. The molecule has 1 aliphatic carbocycles. The fourth-order valence-electron chi connectivity index (χ4n) is 3.26. The van der Waals surface area contributed by atoms with Crippen molar-refractivity contribution in [1.29, 1.82) is 0 Å². The summed E-state index contributed by atoms with van der Waals surface area (Å²) in [4.78, 5) is 45.9. The number of thiophene rings is 1. The highest BCUT2D eigenvalue weighted by atomic mass is 32.2. The first-order valence-electron chi connectivity index (χ1n) is 9.79. The van der Waals surface area contributed by atoms with E-state index in [9.17, 15) is 14.4 Å². The molecule has 0 aliphatic heterocycles. The SMILES string of the molecule is CCOC(=O)c1cnc(SCC(=O)Nc2sc3c(c2C(=O)OC)CCC(C)C3)nc1N. The summed E-state index contributed by atoms with van der Waals surface area (Å²) in [6.07, 6.45) is 3.96. The van der Waals surface area contributed by atoms with Crippen LogP contribution in [0.2, 0.25) is 0 Å². The average molecular weight is 465 g/mol. The number of nitrogen functional groups attached to an aromatic ring is 1. The smallest absolute Gasteiger partial charge is 0.343 e. The number of anilines is 2. The third-order valence-corrected chi connectivity index (χ3v) is 6.81. The fourth-order valence-corrected chi connectivity index (χ4v) is 5.30. The van der Waals surface area contributed by atoms with Crippen molar-refractivity contribution in [3.63, 3.8) is 0 Å². The highest BCUT2D eigenvalue weighted by molar-refractivity contribution is 7.99. The van der Waals surface area contributed by atoms with Gasteiger partial charge in [0, 0.05) is 11.1 Å². The van der Waals surface area contributed by atoms with Crippen molar-refractivity contribution in [2.45, 2.75) is 38.3 Å². The minimum atomic E-state index is -0.597. The minimum absolute atomic E-state index is 0.00983. The molecule has 0 saturated carbocycles. The van der Waals surface area contributed by atoms with E-state index in [-0.39, 0.29) is 34.8 Å². The molecule has 0 bridgehead atoms. The zero-order chi connectivity index (χ0) is 22.5. The number of rotatable bonds is 7. The van der Waals surface area contributed by atoms with E-state index in [2.05, 4.69) is 22.2 Å². The van der Waals surface area contributed by atoms with Gasteiger partial charge in [-0.3, -0.25) is 4.79 Å². The summed E-state index contributed by atoms with van der Waals surface area (Å²) in [7, 11) is 1.33. The number of amides is 1. The fraction of sp³-hybridized carbons (Fsp3) is 0.450. The first kappa shape index (κ1) is 23.0. The van der Waals surface area contributed by atoms with Crippen molar-refractivity contribution in [2.24, 2.45) is 5.92 Å². The van der Waals surface area contributed by atoms with Crippen molar-refractivity contribution in [1.82, 2.24) is 9.97 Å². The highest BCUT2D eigenvalue weighted by Crippen LogP contribution is 2.40. The predicted octanol–water partition coefficient (Wildman–Crippen LogP) is 2.94. The molecule has 0 aromatic carbocycles. The Labute approximate surface area is 188 Å². The van der Waals surface area contributed by atoms with Gasteiger partial charge >= 0.3 is 11.9 Å². The largest absolute Gasteiger partial charge is 0.465 e. The molecule has 2 heterocycles. The Morgan fingerprint density at radius 1 is 1.35 bits per heavy atom. The predicted molar refractivity (Wildman–Crippen MR) is 119 cm³/mol. The van der Waals surface area contributed by atoms with Crippen LogP contribution in [0.25, 0.3) is 0 Å². The maximum absolute atomic E-state index is 12.5. The molecule has 11 heteroatoms. The van der Waals surface area contributed by atoms with Gasteiger partial charge in [0.1, 0.15) is 16.4 Å². The van der Waals surface area contributed by atoms with Crippen LogP contribution in [0.5, 0.6) is 0 Å². The van der Waals surface area contributed by atoms with E-state index < -0.39 is 11.9 Å². The Bertz CT molecular complexity index is 1010. The van der Waals surface area contributed by atoms with E-state index in [1.807, 2.05) is 0 Å². The Kier molecular flexibility index (Phi) is 7.50. The molecule has 1 aliphatic rings. The average Bonchev–Trinajstić information content (AvgIpc) is 3.08.